The van der Waals surface area contributed by atoms with Crippen LogP contribution in [0.3, 0.4) is 0 Å². The van der Waals surface area contributed by atoms with Gasteiger partial charge in [0.25, 0.3) is 0 Å². The standard InChI is InChI=1S/C19H17N3O/c20-11-14-4-3-5-15(10-14)12-22-9-8-16(13-22)19-21-17-6-1-2-7-18(17)23-19/h1-7,10,16H,8-9,12-13H2/t16-/m0/s1. The Morgan fingerprint density at radius 3 is 3.00 bits per heavy atom. The molecule has 0 unspecified atom stereocenters. The molecule has 0 bridgehead atoms. The second kappa shape index (κ2) is 5.86. The Morgan fingerprint density at radius 1 is 1.22 bits per heavy atom. The van der Waals surface area contributed by atoms with Crippen molar-refractivity contribution in [3.8, 4) is 6.07 Å². The third-order valence-electron chi connectivity index (χ3n) is 4.39. The molecule has 1 fully saturated rings. The van der Waals surface area contributed by atoms with Gasteiger partial charge in [0.05, 0.1) is 11.6 Å². The first-order valence-corrected chi connectivity index (χ1v) is 7.89. The van der Waals surface area contributed by atoms with Gasteiger partial charge in [-0.05, 0) is 42.8 Å². The number of benzene rings is 2. The molecular formula is C19H17N3O. The highest BCUT2D eigenvalue weighted by Gasteiger charge is 2.27. The summed E-state index contributed by atoms with van der Waals surface area (Å²) in [5.41, 5.74) is 3.70. The van der Waals surface area contributed by atoms with E-state index in [9.17, 15) is 0 Å². The van der Waals surface area contributed by atoms with Crippen molar-refractivity contribution in [2.45, 2.75) is 18.9 Å². The van der Waals surface area contributed by atoms with Crippen LogP contribution in [0.2, 0.25) is 0 Å². The van der Waals surface area contributed by atoms with E-state index in [0.717, 1.165) is 48.6 Å². The van der Waals surface area contributed by atoms with E-state index >= 15 is 0 Å². The van der Waals surface area contributed by atoms with Crippen LogP contribution >= 0.6 is 0 Å². The monoisotopic (exact) mass is 303 g/mol. The van der Waals surface area contributed by atoms with Crippen LogP contribution in [0.4, 0.5) is 0 Å². The molecule has 1 saturated heterocycles. The van der Waals surface area contributed by atoms with Crippen LogP contribution in [0, 0.1) is 11.3 Å². The molecule has 0 N–H and O–H groups in total. The Kier molecular flexibility index (Phi) is 3.57. The van der Waals surface area contributed by atoms with Crippen LogP contribution in [0.1, 0.15) is 29.4 Å². The molecule has 4 nitrogen and oxygen atoms in total. The molecular weight excluding hydrogens is 286 g/mol. The van der Waals surface area contributed by atoms with E-state index in [0.29, 0.717) is 5.92 Å². The minimum absolute atomic E-state index is 0.349. The zero-order valence-electron chi connectivity index (χ0n) is 12.8. The van der Waals surface area contributed by atoms with Crippen molar-refractivity contribution in [1.82, 2.24) is 9.88 Å². The van der Waals surface area contributed by atoms with Crippen molar-refractivity contribution in [2.75, 3.05) is 13.1 Å². The molecule has 0 spiro atoms. The Morgan fingerprint density at radius 2 is 2.13 bits per heavy atom. The first-order chi connectivity index (χ1) is 11.3. The highest BCUT2D eigenvalue weighted by Crippen LogP contribution is 2.30. The molecule has 0 radical (unpaired) electrons. The fourth-order valence-corrected chi connectivity index (χ4v) is 3.24. The highest BCUT2D eigenvalue weighted by atomic mass is 16.3. The molecule has 1 atom stereocenters. The van der Waals surface area contributed by atoms with Crippen molar-refractivity contribution >= 4 is 11.1 Å². The van der Waals surface area contributed by atoms with Crippen LogP contribution < -0.4 is 0 Å². The highest BCUT2D eigenvalue weighted by molar-refractivity contribution is 5.72. The molecule has 4 heteroatoms. The van der Waals surface area contributed by atoms with E-state index in [1.807, 2.05) is 42.5 Å². The number of nitriles is 1. The van der Waals surface area contributed by atoms with Crippen LogP contribution in [-0.4, -0.2) is 23.0 Å². The van der Waals surface area contributed by atoms with E-state index < -0.39 is 0 Å². The summed E-state index contributed by atoms with van der Waals surface area (Å²) in [6.45, 7) is 2.84. The summed E-state index contributed by atoms with van der Waals surface area (Å²) in [6, 6.07) is 17.9. The van der Waals surface area contributed by atoms with Crippen molar-refractivity contribution in [3.63, 3.8) is 0 Å². The zero-order valence-corrected chi connectivity index (χ0v) is 12.8. The Balaban J connectivity index is 1.47. The minimum Gasteiger partial charge on any atom is -0.440 e. The number of oxazole rings is 1. The first kappa shape index (κ1) is 14.0. The van der Waals surface area contributed by atoms with Gasteiger partial charge in [-0.1, -0.05) is 24.3 Å². The molecule has 0 amide bonds. The number of rotatable bonds is 3. The molecule has 1 aliphatic rings. The maximum atomic E-state index is 9.00. The summed E-state index contributed by atoms with van der Waals surface area (Å²) in [5.74, 6) is 1.20. The van der Waals surface area contributed by atoms with Gasteiger partial charge in [-0.25, -0.2) is 4.98 Å². The number of para-hydroxylation sites is 2. The van der Waals surface area contributed by atoms with Gasteiger partial charge in [0.1, 0.15) is 5.52 Å². The Hall–Kier alpha value is -2.64. The van der Waals surface area contributed by atoms with Gasteiger partial charge in [-0.2, -0.15) is 5.26 Å². The van der Waals surface area contributed by atoms with Crippen molar-refractivity contribution in [3.05, 3.63) is 65.5 Å². The van der Waals surface area contributed by atoms with Gasteiger partial charge in [-0.15, -0.1) is 0 Å². The number of hydrogen-bond donors (Lipinski definition) is 0. The Bertz CT molecular complexity index is 844. The van der Waals surface area contributed by atoms with Gasteiger partial charge in [0.15, 0.2) is 11.5 Å². The molecule has 1 aromatic heterocycles. The molecule has 2 heterocycles. The maximum Gasteiger partial charge on any atom is 0.199 e. The zero-order chi connectivity index (χ0) is 15.6. The van der Waals surface area contributed by atoms with E-state index in [4.69, 9.17) is 9.68 Å². The lowest BCUT2D eigenvalue weighted by Gasteiger charge is -2.15. The smallest absolute Gasteiger partial charge is 0.199 e. The quantitative estimate of drug-likeness (QED) is 0.740. The molecule has 23 heavy (non-hydrogen) atoms. The lowest BCUT2D eigenvalue weighted by Crippen LogP contribution is -2.19. The SMILES string of the molecule is N#Cc1cccc(CN2CC[C@H](c3nc4ccccc4o3)C2)c1. The normalized spacial score (nSPS) is 18.3. The van der Waals surface area contributed by atoms with Crippen molar-refractivity contribution in [1.29, 1.82) is 5.26 Å². The molecule has 4 rings (SSSR count). The molecule has 3 aromatic rings. The third-order valence-corrected chi connectivity index (χ3v) is 4.39. The topological polar surface area (TPSA) is 53.1 Å². The summed E-state index contributed by atoms with van der Waals surface area (Å²) >= 11 is 0. The van der Waals surface area contributed by atoms with Crippen LogP contribution in [0.5, 0.6) is 0 Å². The summed E-state index contributed by atoms with van der Waals surface area (Å²) in [7, 11) is 0. The number of nitrogens with zero attached hydrogens (tertiary/aromatic N) is 3. The van der Waals surface area contributed by atoms with Crippen LogP contribution in [-0.2, 0) is 6.54 Å². The lowest BCUT2D eigenvalue weighted by molar-refractivity contribution is 0.321. The maximum absolute atomic E-state index is 9.00. The third kappa shape index (κ3) is 2.84. The molecule has 114 valence electrons. The number of likely N-dealkylation sites (tertiary alicyclic amines) is 1. The van der Waals surface area contributed by atoms with Crippen molar-refractivity contribution < 1.29 is 4.42 Å². The largest absolute Gasteiger partial charge is 0.440 e. The lowest BCUT2D eigenvalue weighted by atomic mass is 10.1. The molecule has 0 aliphatic carbocycles. The molecule has 2 aromatic carbocycles. The predicted molar refractivity (Wildman–Crippen MR) is 87.8 cm³/mol. The average Bonchev–Trinajstić information content (AvgIpc) is 3.21. The van der Waals surface area contributed by atoms with E-state index in [1.54, 1.807) is 0 Å². The van der Waals surface area contributed by atoms with Gasteiger partial charge < -0.3 is 4.42 Å². The fraction of sp³-hybridized carbons (Fsp3) is 0.263. The van der Waals surface area contributed by atoms with Crippen molar-refractivity contribution in [2.24, 2.45) is 0 Å². The Labute approximate surface area is 135 Å². The van der Waals surface area contributed by atoms with Gasteiger partial charge in [0.2, 0.25) is 0 Å². The van der Waals surface area contributed by atoms with Gasteiger partial charge in [-0.3, -0.25) is 4.90 Å². The first-order valence-electron chi connectivity index (χ1n) is 7.89. The van der Waals surface area contributed by atoms with E-state index in [2.05, 4.69) is 22.0 Å². The van der Waals surface area contributed by atoms with Gasteiger partial charge >= 0.3 is 0 Å². The molecule has 1 aliphatic heterocycles. The second-order valence-corrected chi connectivity index (χ2v) is 6.05. The predicted octanol–water partition coefficient (Wildman–Crippen LogP) is 3.69. The number of fused-ring (bicyclic) bond motifs is 1. The summed E-state index contributed by atoms with van der Waals surface area (Å²) in [6.07, 6.45) is 1.06. The van der Waals surface area contributed by atoms with Crippen LogP contribution in [0.15, 0.2) is 52.9 Å². The second-order valence-electron chi connectivity index (χ2n) is 6.05. The van der Waals surface area contributed by atoms with Crippen LogP contribution in [0.25, 0.3) is 11.1 Å². The van der Waals surface area contributed by atoms with E-state index in [1.165, 1.54) is 5.56 Å². The summed E-state index contributed by atoms with van der Waals surface area (Å²) < 4.78 is 5.91. The minimum atomic E-state index is 0.349. The number of hydrogen-bond acceptors (Lipinski definition) is 4. The summed E-state index contributed by atoms with van der Waals surface area (Å²) in [5, 5.41) is 9.00. The number of aromatic nitrogens is 1. The van der Waals surface area contributed by atoms with Gasteiger partial charge in [0, 0.05) is 19.0 Å². The molecule has 0 saturated carbocycles. The average molecular weight is 303 g/mol. The summed E-state index contributed by atoms with van der Waals surface area (Å²) in [4.78, 5) is 7.03. The fourth-order valence-electron chi connectivity index (χ4n) is 3.24. The van der Waals surface area contributed by atoms with E-state index in [-0.39, 0.29) is 0 Å².